The van der Waals surface area contributed by atoms with Crippen molar-refractivity contribution in [2.75, 3.05) is 11.4 Å². The van der Waals surface area contributed by atoms with E-state index < -0.39 is 0 Å². The Morgan fingerprint density at radius 1 is 1.00 bits per heavy atom. The minimum Gasteiger partial charge on any atom is -0.361 e. The van der Waals surface area contributed by atoms with Crippen molar-refractivity contribution in [2.24, 2.45) is 0 Å². The molecule has 1 fully saturated rings. The number of carbonyl (C=O) groups is 3. The second-order valence-electron chi connectivity index (χ2n) is 7.74. The van der Waals surface area contributed by atoms with Crippen molar-refractivity contribution in [2.45, 2.75) is 18.8 Å². The number of imide groups is 1. The molecule has 0 spiro atoms. The second-order valence-corrected chi connectivity index (χ2v) is 8.72. The van der Waals surface area contributed by atoms with Crippen molar-refractivity contribution in [3.63, 3.8) is 0 Å². The Hall–Kier alpha value is -3.71. The molecule has 3 heterocycles. The smallest absolute Gasteiger partial charge is 0.251 e. The van der Waals surface area contributed by atoms with E-state index in [2.05, 4.69) is 22.4 Å². The maximum absolute atomic E-state index is 12.9. The minimum atomic E-state index is -0.204. The standard InChI is InChI=1S/C25H21N3O3S/c29-23-11-12-24(30)28(23)17-9-7-16(8-10-17)25(31)27-15-20(22-6-3-13-32-22)19-14-26-21-5-2-1-4-18(19)21/h1-10,13-14,20,26H,11-12,15H2,(H,27,31). The Kier molecular flexibility index (Phi) is 5.33. The van der Waals surface area contributed by atoms with E-state index in [-0.39, 0.29) is 36.5 Å². The molecule has 1 unspecified atom stereocenters. The van der Waals surface area contributed by atoms with Gasteiger partial charge in [-0.15, -0.1) is 11.3 Å². The number of fused-ring (bicyclic) bond motifs is 1. The maximum Gasteiger partial charge on any atom is 0.251 e. The van der Waals surface area contributed by atoms with E-state index in [1.54, 1.807) is 35.6 Å². The zero-order chi connectivity index (χ0) is 22.1. The first-order valence-corrected chi connectivity index (χ1v) is 11.3. The Bertz CT molecular complexity index is 1280. The summed E-state index contributed by atoms with van der Waals surface area (Å²) in [4.78, 5) is 42.4. The largest absolute Gasteiger partial charge is 0.361 e. The molecule has 32 heavy (non-hydrogen) atoms. The quantitative estimate of drug-likeness (QED) is 0.432. The summed E-state index contributed by atoms with van der Waals surface area (Å²) < 4.78 is 0. The van der Waals surface area contributed by atoms with Crippen LogP contribution in [0.5, 0.6) is 0 Å². The molecule has 0 radical (unpaired) electrons. The van der Waals surface area contributed by atoms with Gasteiger partial charge in [-0.05, 0) is 47.3 Å². The molecule has 160 valence electrons. The Morgan fingerprint density at radius 3 is 2.47 bits per heavy atom. The van der Waals surface area contributed by atoms with E-state index in [9.17, 15) is 14.4 Å². The van der Waals surface area contributed by atoms with Gasteiger partial charge in [0.05, 0.1) is 5.69 Å². The maximum atomic E-state index is 12.9. The molecule has 2 aromatic heterocycles. The molecule has 1 saturated heterocycles. The number of thiophene rings is 1. The van der Waals surface area contributed by atoms with Gasteiger partial charge in [0.25, 0.3) is 5.91 Å². The number of rotatable bonds is 6. The number of anilines is 1. The third kappa shape index (κ3) is 3.71. The Balaban J connectivity index is 1.34. The van der Waals surface area contributed by atoms with Crippen LogP contribution in [0.1, 0.15) is 39.6 Å². The lowest BCUT2D eigenvalue weighted by Gasteiger charge is -2.17. The van der Waals surface area contributed by atoms with Crippen molar-refractivity contribution in [1.29, 1.82) is 0 Å². The second kappa shape index (κ2) is 8.43. The van der Waals surface area contributed by atoms with Gasteiger partial charge in [0, 0.05) is 52.8 Å². The highest BCUT2D eigenvalue weighted by Crippen LogP contribution is 2.33. The number of amides is 3. The van der Waals surface area contributed by atoms with Crippen molar-refractivity contribution in [3.8, 4) is 0 Å². The van der Waals surface area contributed by atoms with Crippen LogP contribution in [0.2, 0.25) is 0 Å². The first-order valence-electron chi connectivity index (χ1n) is 10.5. The van der Waals surface area contributed by atoms with Crippen LogP contribution in [-0.4, -0.2) is 29.3 Å². The Morgan fingerprint density at radius 2 is 1.75 bits per heavy atom. The number of carbonyl (C=O) groups excluding carboxylic acids is 3. The highest BCUT2D eigenvalue weighted by atomic mass is 32.1. The van der Waals surface area contributed by atoms with Crippen LogP contribution in [0.15, 0.2) is 72.2 Å². The van der Waals surface area contributed by atoms with E-state index in [0.29, 0.717) is 17.8 Å². The molecular formula is C25H21N3O3S. The van der Waals surface area contributed by atoms with Crippen molar-refractivity contribution in [3.05, 3.63) is 88.2 Å². The fraction of sp³-hybridized carbons (Fsp3) is 0.160. The molecule has 0 bridgehead atoms. The number of H-pyrrole nitrogens is 1. The summed E-state index contributed by atoms with van der Waals surface area (Å²) in [5.74, 6) is -0.583. The van der Waals surface area contributed by atoms with E-state index in [1.165, 1.54) is 9.78 Å². The predicted octanol–water partition coefficient (Wildman–Crippen LogP) is 4.44. The van der Waals surface area contributed by atoms with Gasteiger partial charge in [-0.2, -0.15) is 0 Å². The first-order chi connectivity index (χ1) is 15.6. The molecule has 4 aromatic rings. The highest BCUT2D eigenvalue weighted by Gasteiger charge is 2.30. The number of nitrogens with zero attached hydrogens (tertiary/aromatic N) is 1. The molecule has 1 aliphatic heterocycles. The zero-order valence-electron chi connectivity index (χ0n) is 17.2. The monoisotopic (exact) mass is 443 g/mol. The third-order valence-electron chi connectivity index (χ3n) is 5.79. The molecule has 2 N–H and O–H groups in total. The summed E-state index contributed by atoms with van der Waals surface area (Å²) in [6, 6.07) is 18.8. The highest BCUT2D eigenvalue weighted by molar-refractivity contribution is 7.10. The predicted molar refractivity (Wildman–Crippen MR) is 125 cm³/mol. The molecule has 6 nitrogen and oxygen atoms in total. The summed E-state index contributed by atoms with van der Waals surface area (Å²) >= 11 is 1.67. The van der Waals surface area contributed by atoms with E-state index >= 15 is 0 Å². The van der Waals surface area contributed by atoms with Gasteiger partial charge in [0.15, 0.2) is 0 Å². The van der Waals surface area contributed by atoms with Crippen LogP contribution in [0, 0.1) is 0 Å². The summed E-state index contributed by atoms with van der Waals surface area (Å²) in [5, 5.41) is 6.24. The van der Waals surface area contributed by atoms with E-state index in [1.807, 2.05) is 35.8 Å². The van der Waals surface area contributed by atoms with Crippen LogP contribution in [0.25, 0.3) is 10.9 Å². The summed E-state index contributed by atoms with van der Waals surface area (Å²) in [7, 11) is 0. The molecule has 0 aliphatic carbocycles. The molecule has 2 aromatic carbocycles. The molecule has 5 rings (SSSR count). The van der Waals surface area contributed by atoms with Crippen LogP contribution in [0.3, 0.4) is 0 Å². The molecule has 7 heteroatoms. The number of aromatic nitrogens is 1. The molecule has 1 aliphatic rings. The molecular weight excluding hydrogens is 422 g/mol. The fourth-order valence-electron chi connectivity index (χ4n) is 4.16. The first kappa shape index (κ1) is 20.2. The third-order valence-corrected chi connectivity index (χ3v) is 6.78. The van der Waals surface area contributed by atoms with Crippen LogP contribution >= 0.6 is 11.3 Å². The normalized spacial score (nSPS) is 14.8. The van der Waals surface area contributed by atoms with Crippen molar-refractivity contribution < 1.29 is 14.4 Å². The minimum absolute atomic E-state index is 0.0224. The van der Waals surface area contributed by atoms with Gasteiger partial charge < -0.3 is 10.3 Å². The lowest BCUT2D eigenvalue weighted by molar-refractivity contribution is -0.121. The SMILES string of the molecule is O=C(NCC(c1cccs1)c1c[nH]c2ccccc12)c1ccc(N2C(=O)CCC2=O)cc1. The van der Waals surface area contributed by atoms with Crippen molar-refractivity contribution >= 4 is 45.6 Å². The number of hydrogen-bond donors (Lipinski definition) is 2. The fourth-order valence-corrected chi connectivity index (χ4v) is 5.00. The number of para-hydroxylation sites is 1. The number of benzene rings is 2. The van der Waals surface area contributed by atoms with Gasteiger partial charge in [-0.3, -0.25) is 19.3 Å². The van der Waals surface area contributed by atoms with Gasteiger partial charge in [-0.25, -0.2) is 0 Å². The number of nitrogens with one attached hydrogen (secondary N) is 2. The van der Waals surface area contributed by atoms with Gasteiger partial charge in [0.2, 0.25) is 11.8 Å². The molecule has 1 atom stereocenters. The summed E-state index contributed by atoms with van der Waals surface area (Å²) in [6.45, 7) is 0.450. The van der Waals surface area contributed by atoms with E-state index in [0.717, 1.165) is 16.5 Å². The van der Waals surface area contributed by atoms with Crippen LogP contribution < -0.4 is 10.2 Å². The zero-order valence-corrected chi connectivity index (χ0v) is 18.0. The molecule has 3 amide bonds. The lowest BCUT2D eigenvalue weighted by atomic mass is 9.96. The average molecular weight is 444 g/mol. The topological polar surface area (TPSA) is 82.3 Å². The van der Waals surface area contributed by atoms with Crippen LogP contribution in [-0.2, 0) is 9.59 Å². The van der Waals surface area contributed by atoms with Gasteiger partial charge >= 0.3 is 0 Å². The summed E-state index contributed by atoms with van der Waals surface area (Å²) in [5.41, 5.74) is 3.20. The number of aromatic amines is 1. The average Bonchev–Trinajstić information content (AvgIpc) is 3.56. The summed E-state index contributed by atoms with van der Waals surface area (Å²) in [6.07, 6.45) is 2.48. The van der Waals surface area contributed by atoms with E-state index in [4.69, 9.17) is 0 Å². The lowest BCUT2D eigenvalue weighted by Crippen LogP contribution is -2.29. The van der Waals surface area contributed by atoms with Crippen LogP contribution in [0.4, 0.5) is 5.69 Å². The Labute approximate surface area is 188 Å². The molecule has 0 saturated carbocycles. The number of hydrogen-bond acceptors (Lipinski definition) is 4. The van der Waals surface area contributed by atoms with Gasteiger partial charge in [-0.1, -0.05) is 24.3 Å². The van der Waals surface area contributed by atoms with Crippen molar-refractivity contribution in [1.82, 2.24) is 10.3 Å². The van der Waals surface area contributed by atoms with Gasteiger partial charge in [0.1, 0.15) is 0 Å².